The first-order valence-corrected chi connectivity index (χ1v) is 7.54. The molecule has 1 aliphatic carbocycles. The minimum Gasteiger partial charge on any atom is -0.465 e. The SMILES string of the molecule is CCOC(=O)C1(NCC(C)C)Cc2ccc(Cl)cc2C1. The molecule has 1 unspecified atom stereocenters. The van der Waals surface area contributed by atoms with Crippen LogP contribution in [0.4, 0.5) is 0 Å². The van der Waals surface area contributed by atoms with Gasteiger partial charge >= 0.3 is 5.97 Å². The summed E-state index contributed by atoms with van der Waals surface area (Å²) in [5.41, 5.74) is 1.69. The average molecular weight is 296 g/mol. The van der Waals surface area contributed by atoms with Crippen molar-refractivity contribution in [2.45, 2.75) is 39.2 Å². The zero-order valence-corrected chi connectivity index (χ0v) is 13.1. The van der Waals surface area contributed by atoms with Crippen LogP contribution in [0.3, 0.4) is 0 Å². The third-order valence-corrected chi connectivity index (χ3v) is 3.90. The second-order valence-corrected chi connectivity index (χ2v) is 6.28. The van der Waals surface area contributed by atoms with Gasteiger partial charge in [-0.1, -0.05) is 31.5 Å². The van der Waals surface area contributed by atoms with Crippen molar-refractivity contribution in [1.82, 2.24) is 5.32 Å². The van der Waals surface area contributed by atoms with E-state index in [4.69, 9.17) is 16.3 Å². The molecule has 0 amide bonds. The highest BCUT2D eigenvalue weighted by atomic mass is 35.5. The largest absolute Gasteiger partial charge is 0.465 e. The van der Waals surface area contributed by atoms with Crippen LogP contribution in [0.15, 0.2) is 18.2 Å². The van der Waals surface area contributed by atoms with Gasteiger partial charge in [-0.25, -0.2) is 0 Å². The van der Waals surface area contributed by atoms with Crippen LogP contribution in [0.1, 0.15) is 31.9 Å². The summed E-state index contributed by atoms with van der Waals surface area (Å²) in [5, 5.41) is 4.14. The number of ether oxygens (including phenoxy) is 1. The molecule has 1 N–H and O–H groups in total. The summed E-state index contributed by atoms with van der Waals surface area (Å²) in [4.78, 5) is 12.4. The molecule has 0 fully saturated rings. The van der Waals surface area contributed by atoms with Crippen molar-refractivity contribution in [3.05, 3.63) is 34.3 Å². The van der Waals surface area contributed by atoms with Gasteiger partial charge in [0.1, 0.15) is 5.54 Å². The maximum atomic E-state index is 12.4. The molecule has 1 aliphatic rings. The Labute approximate surface area is 125 Å². The quantitative estimate of drug-likeness (QED) is 0.849. The molecule has 2 rings (SSSR count). The predicted molar refractivity (Wildman–Crippen MR) is 81.1 cm³/mol. The first kappa shape index (κ1) is 15.3. The Hall–Kier alpha value is -1.06. The van der Waals surface area contributed by atoms with Gasteiger partial charge in [-0.15, -0.1) is 0 Å². The molecule has 1 aromatic rings. The van der Waals surface area contributed by atoms with Crippen molar-refractivity contribution in [3.8, 4) is 0 Å². The van der Waals surface area contributed by atoms with Gasteiger partial charge in [0, 0.05) is 17.9 Å². The number of fused-ring (bicyclic) bond motifs is 1. The van der Waals surface area contributed by atoms with Crippen molar-refractivity contribution >= 4 is 17.6 Å². The van der Waals surface area contributed by atoms with Crippen molar-refractivity contribution in [3.63, 3.8) is 0 Å². The van der Waals surface area contributed by atoms with E-state index in [1.807, 2.05) is 25.1 Å². The number of esters is 1. The van der Waals surface area contributed by atoms with E-state index in [9.17, 15) is 4.79 Å². The number of carbonyl (C=O) groups is 1. The number of hydrogen-bond acceptors (Lipinski definition) is 3. The fraction of sp³-hybridized carbons (Fsp3) is 0.562. The monoisotopic (exact) mass is 295 g/mol. The van der Waals surface area contributed by atoms with E-state index in [1.165, 1.54) is 5.56 Å². The molecule has 1 atom stereocenters. The lowest BCUT2D eigenvalue weighted by atomic mass is 9.95. The van der Waals surface area contributed by atoms with Gasteiger partial charge in [-0.3, -0.25) is 4.79 Å². The number of hydrogen-bond donors (Lipinski definition) is 1. The van der Waals surface area contributed by atoms with Gasteiger partial charge in [-0.2, -0.15) is 0 Å². The van der Waals surface area contributed by atoms with E-state index >= 15 is 0 Å². The summed E-state index contributed by atoms with van der Waals surface area (Å²) in [6.45, 7) is 7.30. The lowest BCUT2D eigenvalue weighted by Crippen LogP contribution is -2.55. The summed E-state index contributed by atoms with van der Waals surface area (Å²) < 4.78 is 5.29. The van der Waals surface area contributed by atoms with Crippen LogP contribution in [-0.4, -0.2) is 24.7 Å². The highest BCUT2D eigenvalue weighted by Crippen LogP contribution is 2.33. The number of carbonyl (C=O) groups excluding carboxylic acids is 1. The molecular formula is C16H22ClNO2. The second kappa shape index (κ2) is 6.15. The Morgan fingerprint density at radius 3 is 2.75 bits per heavy atom. The van der Waals surface area contributed by atoms with Crippen molar-refractivity contribution in [2.75, 3.05) is 13.2 Å². The highest BCUT2D eigenvalue weighted by molar-refractivity contribution is 6.30. The first-order valence-electron chi connectivity index (χ1n) is 7.16. The average Bonchev–Trinajstić information content (AvgIpc) is 2.76. The number of nitrogens with one attached hydrogen (secondary N) is 1. The Morgan fingerprint density at radius 2 is 2.10 bits per heavy atom. The van der Waals surface area contributed by atoms with Gasteiger partial charge in [0.2, 0.25) is 0 Å². The van der Waals surface area contributed by atoms with Crippen LogP contribution in [-0.2, 0) is 22.4 Å². The normalized spacial score (nSPS) is 21.1. The van der Waals surface area contributed by atoms with Gasteiger partial charge in [0.15, 0.2) is 0 Å². The van der Waals surface area contributed by atoms with Gasteiger partial charge in [0.25, 0.3) is 0 Å². The molecule has 1 aromatic carbocycles. The Bertz CT molecular complexity index is 501. The van der Waals surface area contributed by atoms with Crippen molar-refractivity contribution < 1.29 is 9.53 Å². The summed E-state index contributed by atoms with van der Waals surface area (Å²) in [6.07, 6.45) is 1.32. The molecule has 20 heavy (non-hydrogen) atoms. The maximum Gasteiger partial charge on any atom is 0.327 e. The lowest BCUT2D eigenvalue weighted by molar-refractivity contribution is -0.151. The molecule has 0 saturated heterocycles. The second-order valence-electron chi connectivity index (χ2n) is 5.84. The van der Waals surface area contributed by atoms with E-state index in [0.29, 0.717) is 30.4 Å². The molecule has 0 spiro atoms. The van der Waals surface area contributed by atoms with Crippen molar-refractivity contribution in [1.29, 1.82) is 0 Å². The molecule has 0 radical (unpaired) electrons. The van der Waals surface area contributed by atoms with Gasteiger partial charge in [0.05, 0.1) is 6.61 Å². The zero-order chi connectivity index (χ0) is 14.8. The molecule has 3 nitrogen and oxygen atoms in total. The molecule has 0 saturated carbocycles. The summed E-state index contributed by atoms with van der Waals surface area (Å²) >= 11 is 6.05. The fourth-order valence-electron chi connectivity index (χ4n) is 2.65. The Morgan fingerprint density at radius 1 is 1.40 bits per heavy atom. The molecule has 0 aliphatic heterocycles. The van der Waals surface area contributed by atoms with E-state index in [2.05, 4.69) is 19.2 Å². The molecule has 0 heterocycles. The van der Waals surface area contributed by atoms with E-state index in [-0.39, 0.29) is 5.97 Å². The van der Waals surface area contributed by atoms with Gasteiger partial charge < -0.3 is 10.1 Å². The Balaban J connectivity index is 2.24. The third kappa shape index (κ3) is 3.15. The molecular weight excluding hydrogens is 274 g/mol. The number of benzene rings is 1. The van der Waals surface area contributed by atoms with Crippen molar-refractivity contribution in [2.24, 2.45) is 5.92 Å². The van der Waals surface area contributed by atoms with Crippen LogP contribution >= 0.6 is 11.6 Å². The maximum absolute atomic E-state index is 12.4. The topological polar surface area (TPSA) is 38.3 Å². The highest BCUT2D eigenvalue weighted by Gasteiger charge is 2.44. The van der Waals surface area contributed by atoms with E-state index in [0.717, 1.165) is 12.1 Å². The van der Waals surface area contributed by atoms with Crippen LogP contribution in [0.2, 0.25) is 5.02 Å². The zero-order valence-electron chi connectivity index (χ0n) is 12.3. The lowest BCUT2D eigenvalue weighted by Gasteiger charge is -2.29. The van der Waals surface area contributed by atoms with E-state index < -0.39 is 5.54 Å². The number of halogens is 1. The minimum absolute atomic E-state index is 0.159. The molecule has 4 heteroatoms. The first-order chi connectivity index (χ1) is 9.47. The molecule has 0 aromatic heterocycles. The van der Waals surface area contributed by atoms with Crippen LogP contribution < -0.4 is 5.32 Å². The van der Waals surface area contributed by atoms with Crippen LogP contribution in [0.25, 0.3) is 0 Å². The summed E-state index contributed by atoms with van der Waals surface area (Å²) in [6, 6.07) is 5.84. The fourth-order valence-corrected chi connectivity index (χ4v) is 2.85. The summed E-state index contributed by atoms with van der Waals surface area (Å²) in [5.74, 6) is 0.321. The molecule has 0 bridgehead atoms. The smallest absolute Gasteiger partial charge is 0.327 e. The van der Waals surface area contributed by atoms with Crippen LogP contribution in [0, 0.1) is 5.92 Å². The predicted octanol–water partition coefficient (Wildman–Crippen LogP) is 2.99. The molecule has 110 valence electrons. The van der Waals surface area contributed by atoms with Gasteiger partial charge in [-0.05, 0) is 42.6 Å². The van der Waals surface area contributed by atoms with Crippen LogP contribution in [0.5, 0.6) is 0 Å². The van der Waals surface area contributed by atoms with E-state index in [1.54, 1.807) is 0 Å². The standard InChI is InChI=1S/C16H22ClNO2/c1-4-20-15(19)16(18-10-11(2)3)8-12-5-6-14(17)7-13(12)9-16/h5-7,11,18H,4,8-10H2,1-3H3. The minimum atomic E-state index is -0.632. The Kier molecular flexibility index (Phi) is 4.71. The number of rotatable bonds is 5. The summed E-state index contributed by atoms with van der Waals surface area (Å²) in [7, 11) is 0. The third-order valence-electron chi connectivity index (χ3n) is 3.67.